The number of anilines is 1. The van der Waals surface area contributed by atoms with Gasteiger partial charge in [0.25, 0.3) is 0 Å². The van der Waals surface area contributed by atoms with Crippen LogP contribution in [0, 0.1) is 6.92 Å². The minimum atomic E-state index is -0.943. The fraction of sp³-hybridized carbons (Fsp3) is 0.0625. The quantitative estimate of drug-likeness (QED) is 0.391. The average molecular weight is 313 g/mol. The van der Waals surface area contributed by atoms with E-state index in [-0.39, 0.29) is 17.1 Å². The predicted molar refractivity (Wildman–Crippen MR) is 85.3 cm³/mol. The monoisotopic (exact) mass is 313 g/mol. The molecule has 0 aliphatic carbocycles. The van der Waals surface area contributed by atoms with Crippen LogP contribution in [0.15, 0.2) is 47.6 Å². The fourth-order valence-electron chi connectivity index (χ4n) is 1.76. The summed E-state index contributed by atoms with van der Waals surface area (Å²) in [5.41, 5.74) is 3.79. The molecule has 2 aromatic carbocycles. The maximum absolute atomic E-state index is 11.7. The van der Waals surface area contributed by atoms with Crippen LogP contribution >= 0.6 is 0 Å². The molecule has 0 aliphatic heterocycles. The van der Waals surface area contributed by atoms with Crippen molar-refractivity contribution < 1.29 is 19.8 Å². The summed E-state index contributed by atoms with van der Waals surface area (Å²) in [6.07, 6.45) is 1.16. The highest BCUT2D eigenvalue weighted by Crippen LogP contribution is 2.20. The number of carbonyl (C=O) groups is 2. The number of hydrogen-bond acceptors (Lipinski definition) is 5. The Bertz CT molecular complexity index is 772. The van der Waals surface area contributed by atoms with E-state index in [1.54, 1.807) is 18.2 Å². The van der Waals surface area contributed by atoms with Gasteiger partial charge < -0.3 is 15.5 Å². The molecule has 2 aromatic rings. The van der Waals surface area contributed by atoms with Gasteiger partial charge in [0.05, 0.1) is 6.21 Å². The number of hydrazone groups is 1. The van der Waals surface area contributed by atoms with Gasteiger partial charge in [0.2, 0.25) is 0 Å². The number of rotatable bonds is 3. The number of phenolic OH excluding ortho intramolecular Hbond substituents is 2. The van der Waals surface area contributed by atoms with Crippen molar-refractivity contribution in [1.29, 1.82) is 0 Å². The Hall–Kier alpha value is -3.35. The van der Waals surface area contributed by atoms with E-state index in [1.165, 1.54) is 12.1 Å². The van der Waals surface area contributed by atoms with E-state index in [4.69, 9.17) is 5.11 Å². The molecular formula is C16H15N3O4. The van der Waals surface area contributed by atoms with Gasteiger partial charge in [-0.3, -0.25) is 9.59 Å². The van der Waals surface area contributed by atoms with Crippen molar-refractivity contribution in [2.24, 2.45) is 5.10 Å². The van der Waals surface area contributed by atoms with Crippen LogP contribution in [-0.4, -0.2) is 28.2 Å². The molecule has 7 nitrogen and oxygen atoms in total. The second kappa shape index (κ2) is 7.08. The summed E-state index contributed by atoms with van der Waals surface area (Å²) in [5, 5.41) is 24.7. The van der Waals surface area contributed by atoms with Crippen LogP contribution in [0.2, 0.25) is 0 Å². The van der Waals surface area contributed by atoms with E-state index >= 15 is 0 Å². The van der Waals surface area contributed by atoms with Gasteiger partial charge in [0.1, 0.15) is 11.5 Å². The van der Waals surface area contributed by atoms with Crippen molar-refractivity contribution in [3.05, 3.63) is 53.6 Å². The van der Waals surface area contributed by atoms with Crippen LogP contribution < -0.4 is 10.7 Å². The molecule has 0 heterocycles. The topological polar surface area (TPSA) is 111 Å². The Morgan fingerprint density at radius 1 is 1.09 bits per heavy atom. The summed E-state index contributed by atoms with van der Waals surface area (Å²) >= 11 is 0. The lowest BCUT2D eigenvalue weighted by atomic mass is 10.2. The summed E-state index contributed by atoms with van der Waals surface area (Å²) in [6, 6.07) is 10.9. The maximum Gasteiger partial charge on any atom is 0.329 e. The number of hydrogen-bond donors (Lipinski definition) is 4. The lowest BCUT2D eigenvalue weighted by Crippen LogP contribution is -2.32. The number of aryl methyl sites for hydroxylation is 1. The Morgan fingerprint density at radius 2 is 1.87 bits per heavy atom. The number of nitrogens with one attached hydrogen (secondary N) is 2. The van der Waals surface area contributed by atoms with Crippen LogP contribution in [0.25, 0.3) is 0 Å². The molecular weight excluding hydrogens is 298 g/mol. The van der Waals surface area contributed by atoms with E-state index in [9.17, 15) is 14.7 Å². The zero-order valence-electron chi connectivity index (χ0n) is 12.3. The Balaban J connectivity index is 1.93. The van der Waals surface area contributed by atoms with Crippen molar-refractivity contribution in [3.63, 3.8) is 0 Å². The van der Waals surface area contributed by atoms with Gasteiger partial charge in [0, 0.05) is 17.3 Å². The zero-order valence-corrected chi connectivity index (χ0v) is 12.3. The van der Waals surface area contributed by atoms with Gasteiger partial charge in [-0.05, 0) is 36.8 Å². The Morgan fingerprint density at radius 3 is 2.57 bits per heavy atom. The van der Waals surface area contributed by atoms with E-state index in [0.29, 0.717) is 5.69 Å². The molecule has 0 fully saturated rings. The molecule has 0 radical (unpaired) electrons. The molecule has 7 heteroatoms. The molecule has 2 rings (SSSR count). The molecule has 0 atom stereocenters. The van der Waals surface area contributed by atoms with Gasteiger partial charge in [-0.1, -0.05) is 12.1 Å². The zero-order chi connectivity index (χ0) is 16.8. The van der Waals surface area contributed by atoms with Crippen LogP contribution in [-0.2, 0) is 9.59 Å². The molecule has 0 saturated carbocycles. The van der Waals surface area contributed by atoms with Crippen molar-refractivity contribution in [1.82, 2.24) is 5.43 Å². The van der Waals surface area contributed by atoms with Gasteiger partial charge in [0.15, 0.2) is 0 Å². The minimum Gasteiger partial charge on any atom is -0.508 e. The third-order valence-corrected chi connectivity index (χ3v) is 2.87. The van der Waals surface area contributed by atoms with Crippen LogP contribution in [0.4, 0.5) is 5.69 Å². The number of benzene rings is 2. The third kappa shape index (κ3) is 4.57. The Kier molecular flexibility index (Phi) is 4.93. The molecule has 23 heavy (non-hydrogen) atoms. The molecule has 0 aromatic heterocycles. The van der Waals surface area contributed by atoms with Gasteiger partial charge in [-0.15, -0.1) is 0 Å². The largest absolute Gasteiger partial charge is 0.508 e. The van der Waals surface area contributed by atoms with E-state index in [1.807, 2.05) is 13.0 Å². The molecule has 118 valence electrons. The number of nitrogens with zero attached hydrogens (tertiary/aromatic N) is 1. The maximum atomic E-state index is 11.7. The second-order valence-electron chi connectivity index (χ2n) is 4.77. The molecule has 2 amide bonds. The SMILES string of the molecule is Cc1cccc(NC(=O)C(=O)N/N=C/c2ccc(O)cc2O)c1. The standard InChI is InChI=1S/C16H15N3O4/c1-10-3-2-4-12(7-10)18-15(22)16(23)19-17-9-11-5-6-13(20)8-14(11)21/h2-9,20-21H,1H3,(H,18,22)(H,19,23)/b17-9+. The van der Waals surface area contributed by atoms with Gasteiger partial charge >= 0.3 is 11.8 Å². The normalized spacial score (nSPS) is 10.5. The van der Waals surface area contributed by atoms with Crippen LogP contribution in [0.1, 0.15) is 11.1 Å². The highest BCUT2D eigenvalue weighted by Gasteiger charge is 2.12. The van der Waals surface area contributed by atoms with Crippen molar-refractivity contribution >= 4 is 23.7 Å². The summed E-state index contributed by atoms with van der Waals surface area (Å²) in [5.74, 6) is -2.10. The average Bonchev–Trinajstić information content (AvgIpc) is 2.49. The highest BCUT2D eigenvalue weighted by molar-refractivity contribution is 6.39. The van der Waals surface area contributed by atoms with Gasteiger partial charge in [-0.2, -0.15) is 5.10 Å². The smallest absolute Gasteiger partial charge is 0.329 e. The molecule has 0 spiro atoms. The molecule has 0 unspecified atom stereocenters. The highest BCUT2D eigenvalue weighted by atomic mass is 16.3. The van der Waals surface area contributed by atoms with Crippen LogP contribution in [0.3, 0.4) is 0 Å². The second-order valence-corrected chi connectivity index (χ2v) is 4.77. The number of phenols is 2. The van der Waals surface area contributed by atoms with E-state index in [0.717, 1.165) is 17.8 Å². The summed E-state index contributed by atoms with van der Waals surface area (Å²) in [6.45, 7) is 1.87. The molecule has 0 saturated heterocycles. The number of aromatic hydroxyl groups is 2. The Labute approximate surface area is 132 Å². The first-order chi connectivity index (χ1) is 11.0. The third-order valence-electron chi connectivity index (χ3n) is 2.87. The lowest BCUT2D eigenvalue weighted by molar-refractivity contribution is -0.136. The first kappa shape index (κ1) is 16.0. The first-order valence-electron chi connectivity index (χ1n) is 6.69. The summed E-state index contributed by atoms with van der Waals surface area (Å²) in [7, 11) is 0. The van der Waals surface area contributed by atoms with Crippen LogP contribution in [0.5, 0.6) is 11.5 Å². The van der Waals surface area contributed by atoms with Crippen molar-refractivity contribution in [2.75, 3.05) is 5.32 Å². The van der Waals surface area contributed by atoms with Gasteiger partial charge in [-0.25, -0.2) is 5.43 Å². The summed E-state index contributed by atoms with van der Waals surface area (Å²) < 4.78 is 0. The molecule has 0 aliphatic rings. The fourth-order valence-corrected chi connectivity index (χ4v) is 1.76. The number of carbonyl (C=O) groups excluding carboxylic acids is 2. The summed E-state index contributed by atoms with van der Waals surface area (Å²) in [4.78, 5) is 23.3. The number of amides is 2. The van der Waals surface area contributed by atoms with Crippen molar-refractivity contribution in [2.45, 2.75) is 6.92 Å². The van der Waals surface area contributed by atoms with Crippen molar-refractivity contribution in [3.8, 4) is 11.5 Å². The first-order valence-corrected chi connectivity index (χ1v) is 6.69. The predicted octanol–water partition coefficient (Wildman–Crippen LogP) is 1.50. The lowest BCUT2D eigenvalue weighted by Gasteiger charge is -2.04. The molecule has 0 bridgehead atoms. The minimum absolute atomic E-state index is 0.0961. The molecule has 4 N–H and O–H groups in total. The van der Waals surface area contributed by atoms with E-state index < -0.39 is 11.8 Å². The van der Waals surface area contributed by atoms with E-state index in [2.05, 4.69) is 15.8 Å².